The lowest BCUT2D eigenvalue weighted by Crippen LogP contribution is -2.33. The number of carbonyl (C=O) groups excluding carboxylic acids is 2. The molecule has 1 heterocycles. The van der Waals surface area contributed by atoms with E-state index in [2.05, 4.69) is 11.8 Å². The molecule has 1 fully saturated rings. The van der Waals surface area contributed by atoms with Crippen molar-refractivity contribution in [3.8, 4) is 0 Å². The summed E-state index contributed by atoms with van der Waals surface area (Å²) in [6.07, 6.45) is 5.63. The van der Waals surface area contributed by atoms with Crippen molar-refractivity contribution < 1.29 is 14.3 Å². The molecular weight excluding hydrogens is 278 g/mol. The molecule has 0 aromatic heterocycles. The van der Waals surface area contributed by atoms with Gasteiger partial charge in [0.15, 0.2) is 0 Å². The van der Waals surface area contributed by atoms with Crippen LogP contribution in [0.15, 0.2) is 24.3 Å². The number of benzene rings is 1. The molecule has 0 amide bonds. The van der Waals surface area contributed by atoms with Crippen molar-refractivity contribution in [2.75, 3.05) is 24.6 Å². The van der Waals surface area contributed by atoms with E-state index in [0.29, 0.717) is 30.8 Å². The maximum absolute atomic E-state index is 11.9. The zero-order chi connectivity index (χ0) is 15.8. The van der Waals surface area contributed by atoms with Crippen LogP contribution in [0.25, 0.3) is 0 Å². The highest BCUT2D eigenvalue weighted by atomic mass is 16.5. The van der Waals surface area contributed by atoms with Crippen molar-refractivity contribution in [3.63, 3.8) is 0 Å². The highest BCUT2D eigenvalue weighted by molar-refractivity contribution is 5.90. The molecule has 0 saturated carbocycles. The lowest BCUT2D eigenvalue weighted by molar-refractivity contribution is -0.119. The van der Waals surface area contributed by atoms with Crippen LogP contribution < -0.4 is 4.90 Å². The summed E-state index contributed by atoms with van der Waals surface area (Å²) < 4.78 is 5.28. The number of esters is 1. The molecule has 2 rings (SSSR count). The third kappa shape index (κ3) is 4.86. The summed E-state index contributed by atoms with van der Waals surface area (Å²) in [5, 5.41) is 0. The summed E-state index contributed by atoms with van der Waals surface area (Å²) in [4.78, 5) is 25.4. The number of rotatable bonds is 7. The number of hydrogen-bond acceptors (Lipinski definition) is 4. The summed E-state index contributed by atoms with van der Waals surface area (Å²) in [7, 11) is 0. The first-order valence-electron chi connectivity index (χ1n) is 8.24. The smallest absolute Gasteiger partial charge is 0.338 e. The Morgan fingerprint density at radius 2 is 1.77 bits per heavy atom. The molecule has 1 aliphatic heterocycles. The molecule has 22 heavy (non-hydrogen) atoms. The molecule has 1 aromatic rings. The maximum atomic E-state index is 11.9. The predicted molar refractivity (Wildman–Crippen MR) is 87.3 cm³/mol. The minimum atomic E-state index is -0.253. The van der Waals surface area contributed by atoms with Crippen molar-refractivity contribution >= 4 is 17.4 Å². The Kier molecular flexibility index (Phi) is 6.44. The van der Waals surface area contributed by atoms with Gasteiger partial charge >= 0.3 is 5.97 Å². The summed E-state index contributed by atoms with van der Waals surface area (Å²) in [6.45, 7) is 4.18. The van der Waals surface area contributed by atoms with Crippen LogP contribution in [0.1, 0.15) is 55.8 Å². The molecule has 0 radical (unpaired) electrons. The fourth-order valence-corrected chi connectivity index (χ4v) is 2.60. The molecule has 0 aliphatic carbocycles. The normalized spacial score (nSPS) is 15.0. The van der Waals surface area contributed by atoms with E-state index in [9.17, 15) is 9.59 Å². The van der Waals surface area contributed by atoms with E-state index in [1.807, 2.05) is 12.1 Å². The van der Waals surface area contributed by atoms with E-state index >= 15 is 0 Å². The van der Waals surface area contributed by atoms with Crippen LogP contribution in [-0.4, -0.2) is 31.4 Å². The monoisotopic (exact) mass is 303 g/mol. The largest absolute Gasteiger partial charge is 0.462 e. The van der Waals surface area contributed by atoms with Gasteiger partial charge in [-0.2, -0.15) is 0 Å². The number of hydrogen-bond donors (Lipinski definition) is 0. The summed E-state index contributed by atoms with van der Waals surface area (Å²) in [5.41, 5.74) is 1.65. The first-order valence-corrected chi connectivity index (χ1v) is 8.24. The van der Waals surface area contributed by atoms with Crippen LogP contribution in [0.2, 0.25) is 0 Å². The van der Waals surface area contributed by atoms with Crippen molar-refractivity contribution in [1.29, 1.82) is 0 Å². The van der Waals surface area contributed by atoms with Gasteiger partial charge < -0.3 is 9.64 Å². The van der Waals surface area contributed by atoms with Crippen molar-refractivity contribution in [2.24, 2.45) is 0 Å². The van der Waals surface area contributed by atoms with Crippen molar-refractivity contribution in [1.82, 2.24) is 0 Å². The van der Waals surface area contributed by atoms with Gasteiger partial charge in [0, 0.05) is 31.6 Å². The number of anilines is 1. The van der Waals surface area contributed by atoms with Crippen molar-refractivity contribution in [2.45, 2.75) is 45.4 Å². The lowest BCUT2D eigenvalue weighted by atomic mass is 10.1. The highest BCUT2D eigenvalue weighted by Crippen LogP contribution is 2.19. The van der Waals surface area contributed by atoms with Gasteiger partial charge in [-0.15, -0.1) is 0 Å². The number of Topliss-reactive ketones (excluding diaryl/α,β-unsaturated/α-hetero) is 1. The third-order valence-electron chi connectivity index (χ3n) is 4.02. The fraction of sp³-hybridized carbons (Fsp3) is 0.556. The second-order valence-corrected chi connectivity index (χ2v) is 5.77. The van der Waals surface area contributed by atoms with Gasteiger partial charge in [-0.3, -0.25) is 4.79 Å². The van der Waals surface area contributed by atoms with Gasteiger partial charge in [0.2, 0.25) is 0 Å². The molecule has 0 atom stereocenters. The quantitative estimate of drug-likeness (QED) is 0.570. The number of ketones is 1. The molecule has 0 spiro atoms. The zero-order valence-electron chi connectivity index (χ0n) is 13.3. The van der Waals surface area contributed by atoms with Crippen LogP contribution in [0.5, 0.6) is 0 Å². The van der Waals surface area contributed by atoms with Gasteiger partial charge in [0.25, 0.3) is 0 Å². The van der Waals surface area contributed by atoms with Gasteiger partial charge in [0.1, 0.15) is 5.78 Å². The molecule has 0 unspecified atom stereocenters. The molecule has 1 aliphatic rings. The average molecular weight is 303 g/mol. The van der Waals surface area contributed by atoms with E-state index in [1.165, 1.54) is 12.8 Å². The molecule has 1 aromatic carbocycles. The van der Waals surface area contributed by atoms with Crippen LogP contribution in [0.4, 0.5) is 5.69 Å². The SMILES string of the molecule is CCCCCCOC(=O)c1ccc(N2CCC(=O)CC2)cc1. The standard InChI is InChI=1S/C18H25NO3/c1-2-3-4-5-14-22-18(21)15-6-8-16(9-7-15)19-12-10-17(20)11-13-19/h6-9H,2-5,10-14H2,1H3. The van der Waals surface area contributed by atoms with Crippen LogP contribution in [0, 0.1) is 0 Å². The minimum Gasteiger partial charge on any atom is -0.462 e. The zero-order valence-corrected chi connectivity index (χ0v) is 13.3. The van der Waals surface area contributed by atoms with Gasteiger partial charge in [-0.25, -0.2) is 4.79 Å². The number of piperidine rings is 1. The number of ether oxygens (including phenoxy) is 1. The molecular formula is C18H25NO3. The average Bonchev–Trinajstić information content (AvgIpc) is 2.55. The molecule has 1 saturated heterocycles. The number of carbonyl (C=O) groups is 2. The van der Waals surface area contributed by atoms with Crippen molar-refractivity contribution in [3.05, 3.63) is 29.8 Å². The minimum absolute atomic E-state index is 0.253. The maximum Gasteiger partial charge on any atom is 0.338 e. The molecule has 0 N–H and O–H groups in total. The summed E-state index contributed by atoms with van der Waals surface area (Å²) >= 11 is 0. The van der Waals surface area contributed by atoms with Gasteiger partial charge in [0.05, 0.1) is 12.2 Å². The Hall–Kier alpha value is -1.84. The first-order chi connectivity index (χ1) is 10.7. The van der Waals surface area contributed by atoms with E-state index in [0.717, 1.165) is 31.6 Å². The molecule has 0 bridgehead atoms. The topological polar surface area (TPSA) is 46.6 Å². The Balaban J connectivity index is 1.80. The van der Waals surface area contributed by atoms with E-state index in [1.54, 1.807) is 12.1 Å². The fourth-order valence-electron chi connectivity index (χ4n) is 2.60. The second-order valence-electron chi connectivity index (χ2n) is 5.77. The second kappa shape index (κ2) is 8.57. The predicted octanol–water partition coefficient (Wildman–Crippen LogP) is 3.59. The Morgan fingerprint density at radius 3 is 2.41 bits per heavy atom. The lowest BCUT2D eigenvalue weighted by Gasteiger charge is -2.28. The van der Waals surface area contributed by atoms with Crippen LogP contribution >= 0.6 is 0 Å². The van der Waals surface area contributed by atoms with E-state index in [-0.39, 0.29) is 5.97 Å². The van der Waals surface area contributed by atoms with E-state index in [4.69, 9.17) is 4.74 Å². The Labute approximate surface area is 132 Å². The Morgan fingerprint density at radius 1 is 1.09 bits per heavy atom. The van der Waals surface area contributed by atoms with Gasteiger partial charge in [-0.05, 0) is 30.7 Å². The number of nitrogens with zero attached hydrogens (tertiary/aromatic N) is 1. The Bertz CT molecular complexity index is 486. The van der Waals surface area contributed by atoms with Gasteiger partial charge in [-0.1, -0.05) is 26.2 Å². The first kappa shape index (κ1) is 16.5. The van der Waals surface area contributed by atoms with Crippen LogP contribution in [-0.2, 0) is 9.53 Å². The molecule has 4 nitrogen and oxygen atoms in total. The third-order valence-corrected chi connectivity index (χ3v) is 4.02. The van der Waals surface area contributed by atoms with E-state index < -0.39 is 0 Å². The summed E-state index contributed by atoms with van der Waals surface area (Å²) in [5.74, 6) is 0.0800. The van der Waals surface area contributed by atoms with Crippen LogP contribution in [0.3, 0.4) is 0 Å². The molecule has 4 heteroatoms. The summed E-state index contributed by atoms with van der Waals surface area (Å²) in [6, 6.07) is 7.48. The molecule has 120 valence electrons. The number of unbranched alkanes of at least 4 members (excludes halogenated alkanes) is 3. The highest BCUT2D eigenvalue weighted by Gasteiger charge is 2.16.